The molecular formula is C14H12ClN5O. The number of aromatic nitrogens is 3. The lowest BCUT2D eigenvalue weighted by Gasteiger charge is -2.11. The topological polar surface area (TPSA) is 86.0 Å². The summed E-state index contributed by atoms with van der Waals surface area (Å²) in [5.41, 5.74) is 7.69. The Morgan fingerprint density at radius 3 is 2.90 bits per heavy atom. The first kappa shape index (κ1) is 13.4. The highest BCUT2D eigenvalue weighted by atomic mass is 35.5. The van der Waals surface area contributed by atoms with Crippen LogP contribution in [0.1, 0.15) is 0 Å². The lowest BCUT2D eigenvalue weighted by atomic mass is 10.3. The van der Waals surface area contributed by atoms with Crippen LogP contribution >= 0.6 is 11.6 Å². The molecule has 0 radical (unpaired) electrons. The Kier molecular flexibility index (Phi) is 3.45. The minimum absolute atomic E-state index is 0.273. The number of halogens is 1. The fourth-order valence-electron chi connectivity index (χ4n) is 1.85. The van der Waals surface area contributed by atoms with E-state index in [0.717, 1.165) is 0 Å². The molecule has 0 fully saturated rings. The van der Waals surface area contributed by atoms with Crippen LogP contribution in [0.2, 0.25) is 5.02 Å². The minimum atomic E-state index is 0.273. The highest BCUT2D eigenvalue weighted by molar-refractivity contribution is 6.33. The van der Waals surface area contributed by atoms with Crippen molar-refractivity contribution in [3.05, 3.63) is 41.6 Å². The fourth-order valence-corrected chi connectivity index (χ4v) is 2.02. The molecule has 3 rings (SSSR count). The third kappa shape index (κ3) is 2.66. The number of hydrogen-bond acceptors (Lipinski definition) is 6. The van der Waals surface area contributed by atoms with Gasteiger partial charge in [-0.15, -0.1) is 0 Å². The Hall–Kier alpha value is -2.60. The summed E-state index contributed by atoms with van der Waals surface area (Å²) in [5, 5.41) is 3.58. The van der Waals surface area contributed by atoms with E-state index >= 15 is 0 Å². The number of nitrogens with one attached hydrogen (secondary N) is 1. The molecule has 0 atom stereocenters. The van der Waals surface area contributed by atoms with Gasteiger partial charge in [0.2, 0.25) is 0 Å². The Morgan fingerprint density at radius 2 is 2.10 bits per heavy atom. The predicted molar refractivity (Wildman–Crippen MR) is 83.0 cm³/mol. The van der Waals surface area contributed by atoms with Crippen LogP contribution in [0.25, 0.3) is 11.2 Å². The van der Waals surface area contributed by atoms with Gasteiger partial charge in [-0.05, 0) is 24.3 Å². The summed E-state index contributed by atoms with van der Waals surface area (Å²) in [6, 6.07) is 8.83. The average molecular weight is 302 g/mol. The summed E-state index contributed by atoms with van der Waals surface area (Å²) < 4.78 is 5.17. The number of pyridine rings is 1. The Balaban J connectivity index is 2.03. The van der Waals surface area contributed by atoms with Crippen LogP contribution < -0.4 is 15.8 Å². The number of hydrogen-bond donors (Lipinski definition) is 2. The molecule has 0 saturated heterocycles. The summed E-state index contributed by atoms with van der Waals surface area (Å²) in [5.74, 6) is 1.35. The van der Waals surface area contributed by atoms with Crippen LogP contribution in [0.15, 0.2) is 36.5 Å². The highest BCUT2D eigenvalue weighted by Crippen LogP contribution is 2.30. The summed E-state index contributed by atoms with van der Waals surface area (Å²) >= 11 is 6.15. The van der Waals surface area contributed by atoms with Gasteiger partial charge in [-0.3, -0.25) is 0 Å². The average Bonchev–Trinajstić information content (AvgIpc) is 2.50. The van der Waals surface area contributed by atoms with Crippen LogP contribution in [0.5, 0.6) is 5.75 Å². The zero-order valence-corrected chi connectivity index (χ0v) is 11.9. The van der Waals surface area contributed by atoms with Crippen molar-refractivity contribution in [1.29, 1.82) is 0 Å². The summed E-state index contributed by atoms with van der Waals surface area (Å²) in [6.07, 6.45) is 1.65. The van der Waals surface area contributed by atoms with Gasteiger partial charge >= 0.3 is 0 Å². The van der Waals surface area contributed by atoms with Gasteiger partial charge in [0.15, 0.2) is 17.3 Å². The molecule has 2 heterocycles. The SMILES string of the molecule is COc1ccc(Cl)c(Nc2nc3ncccc3nc2N)c1. The third-order valence-corrected chi connectivity index (χ3v) is 3.22. The van der Waals surface area contributed by atoms with Gasteiger partial charge in [0.05, 0.1) is 17.8 Å². The maximum absolute atomic E-state index is 6.15. The molecule has 0 aliphatic carbocycles. The number of anilines is 3. The first-order chi connectivity index (χ1) is 10.2. The number of rotatable bonds is 3. The minimum Gasteiger partial charge on any atom is -0.497 e. The molecule has 106 valence electrons. The molecule has 2 aromatic heterocycles. The van der Waals surface area contributed by atoms with E-state index in [1.165, 1.54) is 0 Å². The van der Waals surface area contributed by atoms with Crippen molar-refractivity contribution >= 4 is 40.1 Å². The van der Waals surface area contributed by atoms with E-state index < -0.39 is 0 Å². The molecule has 0 spiro atoms. The Morgan fingerprint density at radius 1 is 1.24 bits per heavy atom. The van der Waals surface area contributed by atoms with Crippen molar-refractivity contribution in [3.8, 4) is 5.75 Å². The van der Waals surface area contributed by atoms with E-state index in [4.69, 9.17) is 22.1 Å². The van der Waals surface area contributed by atoms with Gasteiger partial charge < -0.3 is 15.8 Å². The summed E-state index contributed by atoms with van der Waals surface area (Å²) in [6.45, 7) is 0. The lowest BCUT2D eigenvalue weighted by molar-refractivity contribution is 0.415. The molecule has 0 amide bonds. The van der Waals surface area contributed by atoms with Gasteiger partial charge in [0.25, 0.3) is 0 Å². The smallest absolute Gasteiger partial charge is 0.180 e. The number of benzene rings is 1. The molecule has 7 heteroatoms. The van der Waals surface area contributed by atoms with Crippen LogP contribution in [-0.4, -0.2) is 22.1 Å². The van der Waals surface area contributed by atoms with Crippen molar-refractivity contribution in [3.63, 3.8) is 0 Å². The van der Waals surface area contributed by atoms with E-state index in [2.05, 4.69) is 20.3 Å². The Labute approximate surface area is 126 Å². The zero-order valence-electron chi connectivity index (χ0n) is 11.2. The van der Waals surface area contributed by atoms with E-state index in [-0.39, 0.29) is 5.82 Å². The maximum atomic E-state index is 6.15. The molecule has 0 saturated carbocycles. The van der Waals surface area contributed by atoms with Gasteiger partial charge in [-0.25, -0.2) is 15.0 Å². The second-order valence-corrected chi connectivity index (χ2v) is 4.68. The molecule has 3 N–H and O–H groups in total. The molecule has 0 unspecified atom stereocenters. The molecule has 0 aliphatic heterocycles. The van der Waals surface area contributed by atoms with Crippen LogP contribution in [-0.2, 0) is 0 Å². The van der Waals surface area contributed by atoms with Crippen molar-refractivity contribution in [2.45, 2.75) is 0 Å². The normalized spacial score (nSPS) is 10.6. The Bertz CT molecular complexity index is 808. The lowest BCUT2D eigenvalue weighted by Crippen LogP contribution is -2.03. The van der Waals surface area contributed by atoms with Crippen molar-refractivity contribution < 1.29 is 4.74 Å². The maximum Gasteiger partial charge on any atom is 0.180 e. The van der Waals surface area contributed by atoms with Crippen LogP contribution in [0.3, 0.4) is 0 Å². The van der Waals surface area contributed by atoms with Gasteiger partial charge in [-0.2, -0.15) is 0 Å². The van der Waals surface area contributed by atoms with Crippen molar-refractivity contribution in [1.82, 2.24) is 15.0 Å². The highest BCUT2D eigenvalue weighted by Gasteiger charge is 2.09. The molecular weight excluding hydrogens is 290 g/mol. The van der Waals surface area contributed by atoms with E-state index in [1.807, 2.05) is 0 Å². The van der Waals surface area contributed by atoms with Crippen LogP contribution in [0.4, 0.5) is 17.3 Å². The first-order valence-corrected chi connectivity index (χ1v) is 6.54. The fraction of sp³-hybridized carbons (Fsp3) is 0.0714. The summed E-state index contributed by atoms with van der Waals surface area (Å²) in [7, 11) is 1.58. The number of methoxy groups -OCH3 is 1. The van der Waals surface area contributed by atoms with Gasteiger partial charge in [0, 0.05) is 12.3 Å². The van der Waals surface area contributed by atoms with Crippen molar-refractivity contribution in [2.24, 2.45) is 0 Å². The van der Waals surface area contributed by atoms with Crippen molar-refractivity contribution in [2.75, 3.05) is 18.2 Å². The van der Waals surface area contributed by atoms with Gasteiger partial charge in [-0.1, -0.05) is 11.6 Å². The van der Waals surface area contributed by atoms with E-state index in [1.54, 1.807) is 43.6 Å². The second kappa shape index (κ2) is 5.41. The number of nitrogens with two attached hydrogens (primary N) is 1. The molecule has 0 bridgehead atoms. The molecule has 1 aromatic carbocycles. The first-order valence-electron chi connectivity index (χ1n) is 6.16. The van der Waals surface area contributed by atoms with E-state index in [9.17, 15) is 0 Å². The van der Waals surface area contributed by atoms with Crippen LogP contribution in [0, 0.1) is 0 Å². The number of nitrogen functional groups attached to an aromatic ring is 1. The number of ether oxygens (including phenoxy) is 1. The largest absolute Gasteiger partial charge is 0.497 e. The number of nitrogens with zero attached hydrogens (tertiary/aromatic N) is 3. The second-order valence-electron chi connectivity index (χ2n) is 4.27. The third-order valence-electron chi connectivity index (χ3n) is 2.89. The quantitative estimate of drug-likeness (QED) is 0.773. The number of fused-ring (bicyclic) bond motifs is 1. The summed E-state index contributed by atoms with van der Waals surface area (Å²) in [4.78, 5) is 12.8. The van der Waals surface area contributed by atoms with E-state index in [0.29, 0.717) is 33.4 Å². The monoisotopic (exact) mass is 301 g/mol. The zero-order chi connectivity index (χ0) is 14.8. The molecule has 0 aliphatic rings. The molecule has 21 heavy (non-hydrogen) atoms. The molecule has 6 nitrogen and oxygen atoms in total. The predicted octanol–water partition coefficient (Wildman–Crippen LogP) is 3.01. The standard InChI is InChI=1S/C14H12ClN5O/c1-21-8-4-5-9(15)11(7-8)19-14-12(16)18-10-3-2-6-17-13(10)20-14/h2-7H,1H3,(H2,16,18)(H,17,19,20). The molecule has 3 aromatic rings. The van der Waals surface area contributed by atoms with Gasteiger partial charge in [0.1, 0.15) is 11.3 Å².